The molecular formula is C13H16N2O4. The molecular weight excluding hydrogens is 248 g/mol. The molecule has 1 saturated heterocycles. The molecule has 0 spiro atoms. The highest BCUT2D eigenvalue weighted by Gasteiger charge is 2.30. The average molecular weight is 264 g/mol. The Morgan fingerprint density at radius 3 is 2.84 bits per heavy atom. The summed E-state index contributed by atoms with van der Waals surface area (Å²) in [6.07, 6.45) is 2.37. The SMILES string of the molecule is COC1CCCCN1C(=O)c1ccccc1[N+](=O)[O-]. The van der Waals surface area contributed by atoms with E-state index in [0.29, 0.717) is 6.54 Å². The number of nitro groups is 1. The molecule has 6 heteroatoms. The summed E-state index contributed by atoms with van der Waals surface area (Å²) in [6, 6.07) is 6.02. The van der Waals surface area contributed by atoms with Crippen molar-refractivity contribution in [2.24, 2.45) is 0 Å². The molecule has 1 heterocycles. The van der Waals surface area contributed by atoms with Gasteiger partial charge in [0.05, 0.1) is 4.92 Å². The van der Waals surface area contributed by atoms with Gasteiger partial charge in [0, 0.05) is 19.7 Å². The molecule has 0 aliphatic carbocycles. The van der Waals surface area contributed by atoms with Gasteiger partial charge in [-0.05, 0) is 25.3 Å². The van der Waals surface area contributed by atoms with Gasteiger partial charge in [0.2, 0.25) is 0 Å². The molecule has 0 aromatic heterocycles. The molecule has 1 fully saturated rings. The summed E-state index contributed by atoms with van der Waals surface area (Å²) in [5.41, 5.74) is -0.0376. The quantitative estimate of drug-likeness (QED) is 0.619. The molecule has 0 bridgehead atoms. The van der Waals surface area contributed by atoms with Crippen LogP contribution in [0.2, 0.25) is 0 Å². The van der Waals surface area contributed by atoms with Crippen molar-refractivity contribution in [1.29, 1.82) is 0 Å². The lowest BCUT2D eigenvalue weighted by atomic mass is 10.1. The Morgan fingerprint density at radius 1 is 1.42 bits per heavy atom. The van der Waals surface area contributed by atoms with Crippen LogP contribution in [-0.4, -0.2) is 35.6 Å². The van der Waals surface area contributed by atoms with Crippen LogP contribution in [-0.2, 0) is 4.74 Å². The van der Waals surface area contributed by atoms with E-state index in [9.17, 15) is 14.9 Å². The van der Waals surface area contributed by atoms with Gasteiger partial charge in [-0.2, -0.15) is 0 Å². The van der Waals surface area contributed by atoms with E-state index in [0.717, 1.165) is 19.3 Å². The van der Waals surface area contributed by atoms with E-state index in [2.05, 4.69) is 0 Å². The second-order valence-corrected chi connectivity index (χ2v) is 4.46. The Balaban J connectivity index is 2.30. The van der Waals surface area contributed by atoms with Crippen LogP contribution in [0, 0.1) is 10.1 Å². The fraction of sp³-hybridized carbons (Fsp3) is 0.462. The van der Waals surface area contributed by atoms with E-state index < -0.39 is 4.92 Å². The number of piperidine rings is 1. The number of benzene rings is 1. The number of ether oxygens (including phenoxy) is 1. The highest BCUT2D eigenvalue weighted by Crippen LogP contribution is 2.24. The zero-order chi connectivity index (χ0) is 13.8. The van der Waals surface area contributed by atoms with Gasteiger partial charge in [0.1, 0.15) is 11.8 Å². The van der Waals surface area contributed by atoms with E-state index >= 15 is 0 Å². The number of amides is 1. The summed E-state index contributed by atoms with van der Waals surface area (Å²) in [5, 5.41) is 11.0. The maximum Gasteiger partial charge on any atom is 0.282 e. The van der Waals surface area contributed by atoms with E-state index in [-0.39, 0.29) is 23.4 Å². The Hall–Kier alpha value is -1.95. The maximum absolute atomic E-state index is 12.4. The largest absolute Gasteiger partial charge is 0.362 e. The summed E-state index contributed by atoms with van der Waals surface area (Å²) < 4.78 is 5.28. The topological polar surface area (TPSA) is 72.7 Å². The second kappa shape index (κ2) is 5.79. The summed E-state index contributed by atoms with van der Waals surface area (Å²) in [6.45, 7) is 0.573. The molecule has 0 saturated carbocycles. The number of hydrogen-bond acceptors (Lipinski definition) is 4. The van der Waals surface area contributed by atoms with Gasteiger partial charge in [-0.25, -0.2) is 0 Å². The lowest BCUT2D eigenvalue weighted by Gasteiger charge is -2.34. The summed E-state index contributed by atoms with van der Waals surface area (Å²) in [4.78, 5) is 24.4. The minimum atomic E-state index is -0.529. The van der Waals surface area contributed by atoms with E-state index in [4.69, 9.17) is 4.74 Å². The smallest absolute Gasteiger partial charge is 0.282 e. The first-order chi connectivity index (χ1) is 9.15. The Morgan fingerprint density at radius 2 is 2.16 bits per heavy atom. The molecule has 102 valence electrons. The summed E-state index contributed by atoms with van der Waals surface area (Å²) >= 11 is 0. The molecule has 1 unspecified atom stereocenters. The van der Waals surface area contributed by atoms with Crippen LogP contribution in [0.5, 0.6) is 0 Å². The van der Waals surface area contributed by atoms with Crippen molar-refractivity contribution >= 4 is 11.6 Å². The van der Waals surface area contributed by atoms with Gasteiger partial charge < -0.3 is 9.64 Å². The Bertz CT molecular complexity index is 489. The van der Waals surface area contributed by atoms with E-state index in [1.54, 1.807) is 24.1 Å². The summed E-state index contributed by atoms with van der Waals surface area (Å²) in [5.74, 6) is -0.334. The molecule has 6 nitrogen and oxygen atoms in total. The Labute approximate surface area is 111 Å². The average Bonchev–Trinajstić information content (AvgIpc) is 2.46. The second-order valence-electron chi connectivity index (χ2n) is 4.46. The lowest BCUT2D eigenvalue weighted by molar-refractivity contribution is -0.385. The predicted molar refractivity (Wildman–Crippen MR) is 68.8 cm³/mol. The fourth-order valence-corrected chi connectivity index (χ4v) is 2.35. The molecule has 1 amide bonds. The highest BCUT2D eigenvalue weighted by atomic mass is 16.6. The normalized spacial score (nSPS) is 19.2. The lowest BCUT2D eigenvalue weighted by Crippen LogP contribution is -2.44. The number of nitro benzene ring substituents is 1. The van der Waals surface area contributed by atoms with Crippen LogP contribution in [0.3, 0.4) is 0 Å². The minimum Gasteiger partial charge on any atom is -0.362 e. The third-order valence-electron chi connectivity index (χ3n) is 3.31. The molecule has 1 aromatic carbocycles. The molecule has 2 rings (SSSR count). The number of likely N-dealkylation sites (tertiary alicyclic amines) is 1. The zero-order valence-electron chi connectivity index (χ0n) is 10.7. The molecule has 0 radical (unpaired) electrons. The van der Waals surface area contributed by atoms with Gasteiger partial charge >= 0.3 is 0 Å². The summed E-state index contributed by atoms with van der Waals surface area (Å²) in [7, 11) is 1.55. The van der Waals surface area contributed by atoms with Crippen molar-refractivity contribution in [3.05, 3.63) is 39.9 Å². The van der Waals surface area contributed by atoms with E-state index in [1.165, 1.54) is 12.1 Å². The maximum atomic E-state index is 12.4. The van der Waals surface area contributed by atoms with Crippen LogP contribution in [0.15, 0.2) is 24.3 Å². The first-order valence-corrected chi connectivity index (χ1v) is 6.22. The third kappa shape index (κ3) is 2.73. The van der Waals surface area contributed by atoms with Crippen molar-refractivity contribution in [2.45, 2.75) is 25.5 Å². The van der Waals surface area contributed by atoms with Crippen molar-refractivity contribution in [3.8, 4) is 0 Å². The van der Waals surface area contributed by atoms with Crippen LogP contribution in [0.1, 0.15) is 29.6 Å². The van der Waals surface area contributed by atoms with Crippen LogP contribution in [0.25, 0.3) is 0 Å². The van der Waals surface area contributed by atoms with Crippen molar-refractivity contribution in [3.63, 3.8) is 0 Å². The molecule has 1 atom stereocenters. The van der Waals surface area contributed by atoms with Crippen molar-refractivity contribution in [1.82, 2.24) is 4.90 Å². The number of para-hydroxylation sites is 1. The van der Waals surface area contributed by atoms with Gasteiger partial charge in [0.25, 0.3) is 11.6 Å². The molecule has 1 aliphatic heterocycles. The predicted octanol–water partition coefficient (Wildman–Crippen LogP) is 2.19. The van der Waals surface area contributed by atoms with Gasteiger partial charge in [-0.3, -0.25) is 14.9 Å². The first-order valence-electron chi connectivity index (χ1n) is 6.22. The number of carbonyl (C=O) groups is 1. The van der Waals surface area contributed by atoms with E-state index in [1.807, 2.05) is 0 Å². The number of carbonyl (C=O) groups excluding carboxylic acids is 1. The first kappa shape index (κ1) is 13.5. The third-order valence-corrected chi connectivity index (χ3v) is 3.31. The van der Waals surface area contributed by atoms with Crippen LogP contribution >= 0.6 is 0 Å². The standard InChI is InChI=1S/C13H16N2O4/c1-19-12-8-4-5-9-14(12)13(16)10-6-2-3-7-11(10)15(17)18/h2-3,6-7,12H,4-5,8-9H2,1H3. The molecule has 1 aromatic rings. The molecule has 19 heavy (non-hydrogen) atoms. The fourth-order valence-electron chi connectivity index (χ4n) is 2.35. The van der Waals surface area contributed by atoms with Gasteiger partial charge in [-0.15, -0.1) is 0 Å². The zero-order valence-corrected chi connectivity index (χ0v) is 10.7. The number of rotatable bonds is 3. The highest BCUT2D eigenvalue weighted by molar-refractivity contribution is 5.98. The molecule has 0 N–H and O–H groups in total. The molecule has 1 aliphatic rings. The number of methoxy groups -OCH3 is 1. The van der Waals surface area contributed by atoms with Gasteiger partial charge in [0.15, 0.2) is 0 Å². The number of nitrogens with zero attached hydrogens (tertiary/aromatic N) is 2. The van der Waals surface area contributed by atoms with Crippen molar-refractivity contribution in [2.75, 3.05) is 13.7 Å². The number of hydrogen-bond donors (Lipinski definition) is 0. The Kier molecular flexibility index (Phi) is 4.11. The van der Waals surface area contributed by atoms with Crippen molar-refractivity contribution < 1.29 is 14.5 Å². The van der Waals surface area contributed by atoms with Crippen LogP contribution in [0.4, 0.5) is 5.69 Å². The van der Waals surface area contributed by atoms with Gasteiger partial charge in [-0.1, -0.05) is 12.1 Å². The monoisotopic (exact) mass is 264 g/mol. The minimum absolute atomic E-state index is 0.122. The van der Waals surface area contributed by atoms with Crippen LogP contribution < -0.4 is 0 Å².